The molecule has 0 saturated heterocycles. The third-order valence-electron chi connectivity index (χ3n) is 3.77. The number of benzene rings is 1. The summed E-state index contributed by atoms with van der Waals surface area (Å²) in [4.78, 5) is 11.2. The molecule has 7 heteroatoms. The molecular formula is C16H22ClF3O2Si. The highest BCUT2D eigenvalue weighted by Gasteiger charge is 2.45. The van der Waals surface area contributed by atoms with Crippen LogP contribution in [0.2, 0.25) is 24.2 Å². The van der Waals surface area contributed by atoms with Gasteiger partial charge in [-0.1, -0.05) is 62.8 Å². The molecule has 0 aromatic heterocycles. The second-order valence-electron chi connectivity index (χ2n) is 7.35. The summed E-state index contributed by atoms with van der Waals surface area (Å²) < 4.78 is 42.4. The third-order valence-corrected chi connectivity index (χ3v) is 7.31. The first-order chi connectivity index (χ1) is 10.2. The number of esters is 1. The first kappa shape index (κ1) is 20.0. The van der Waals surface area contributed by atoms with Crippen molar-refractivity contribution >= 4 is 30.8 Å². The van der Waals surface area contributed by atoms with Crippen molar-refractivity contribution in [3.05, 3.63) is 29.3 Å². The van der Waals surface area contributed by atoms with Crippen LogP contribution in [0.25, 0.3) is 0 Å². The maximum Gasteiger partial charge on any atom is 0.490 e. The van der Waals surface area contributed by atoms with Crippen molar-refractivity contribution in [3.63, 3.8) is 0 Å². The minimum atomic E-state index is -4.98. The van der Waals surface area contributed by atoms with Crippen LogP contribution in [0.1, 0.15) is 20.8 Å². The normalized spacial score (nSPS) is 14.5. The first-order valence-corrected chi connectivity index (χ1v) is 10.9. The van der Waals surface area contributed by atoms with Gasteiger partial charge in [-0.3, -0.25) is 0 Å². The highest BCUT2D eigenvalue weighted by Crippen LogP contribution is 2.32. The SMILES string of the molecule is CC(C)(C)C(C[Si](C)(C)c1ccc(Cl)cc1)OC(=O)C(F)(F)F. The lowest BCUT2D eigenvalue weighted by molar-refractivity contribution is -0.208. The Bertz CT molecular complexity index is 548. The molecule has 2 nitrogen and oxygen atoms in total. The average Bonchev–Trinajstić information content (AvgIpc) is 2.35. The molecule has 1 unspecified atom stereocenters. The largest absolute Gasteiger partial charge is 0.490 e. The van der Waals surface area contributed by atoms with Gasteiger partial charge in [0.25, 0.3) is 0 Å². The Balaban J connectivity index is 3.01. The quantitative estimate of drug-likeness (QED) is 0.566. The van der Waals surface area contributed by atoms with Gasteiger partial charge in [-0.15, -0.1) is 0 Å². The van der Waals surface area contributed by atoms with Gasteiger partial charge in [0.05, 0.1) is 8.07 Å². The summed E-state index contributed by atoms with van der Waals surface area (Å²) in [6.07, 6.45) is -5.79. The van der Waals surface area contributed by atoms with Gasteiger partial charge >= 0.3 is 12.1 Å². The van der Waals surface area contributed by atoms with E-state index in [2.05, 4.69) is 0 Å². The van der Waals surface area contributed by atoms with Gasteiger partial charge < -0.3 is 4.74 Å². The number of carbonyl (C=O) groups excluding carboxylic acids is 1. The average molecular weight is 367 g/mol. The lowest BCUT2D eigenvalue weighted by Crippen LogP contribution is -2.48. The summed E-state index contributed by atoms with van der Waals surface area (Å²) in [6.45, 7) is 9.39. The van der Waals surface area contributed by atoms with Crippen LogP contribution < -0.4 is 5.19 Å². The second-order valence-corrected chi connectivity index (χ2v) is 12.5. The molecule has 0 N–H and O–H groups in total. The molecule has 0 aliphatic heterocycles. The number of carbonyl (C=O) groups is 1. The first-order valence-electron chi connectivity index (χ1n) is 7.27. The van der Waals surface area contributed by atoms with E-state index < -0.39 is 31.7 Å². The molecule has 1 aromatic rings. The van der Waals surface area contributed by atoms with E-state index in [1.165, 1.54) is 0 Å². The summed E-state index contributed by atoms with van der Waals surface area (Å²) >= 11 is 5.88. The monoisotopic (exact) mass is 366 g/mol. The van der Waals surface area contributed by atoms with E-state index in [1.54, 1.807) is 32.9 Å². The fourth-order valence-corrected chi connectivity index (χ4v) is 5.26. The van der Waals surface area contributed by atoms with Crippen LogP contribution in [0.15, 0.2) is 24.3 Å². The third kappa shape index (κ3) is 5.84. The maximum absolute atomic E-state index is 12.5. The van der Waals surface area contributed by atoms with Gasteiger partial charge in [-0.05, 0) is 23.6 Å². The van der Waals surface area contributed by atoms with Crippen molar-refractivity contribution in [2.24, 2.45) is 5.41 Å². The summed E-state index contributed by atoms with van der Waals surface area (Å²) in [6, 6.07) is 7.71. The van der Waals surface area contributed by atoms with Crippen LogP contribution in [0.5, 0.6) is 0 Å². The van der Waals surface area contributed by atoms with E-state index in [9.17, 15) is 18.0 Å². The van der Waals surface area contributed by atoms with Gasteiger partial charge in [0.1, 0.15) is 6.10 Å². The number of alkyl halides is 3. The Morgan fingerprint density at radius 2 is 1.65 bits per heavy atom. The topological polar surface area (TPSA) is 26.3 Å². The highest BCUT2D eigenvalue weighted by atomic mass is 35.5. The molecule has 0 aliphatic rings. The molecule has 0 fully saturated rings. The van der Waals surface area contributed by atoms with Crippen molar-refractivity contribution in [3.8, 4) is 0 Å². The fraction of sp³-hybridized carbons (Fsp3) is 0.562. The predicted octanol–water partition coefficient (Wildman–Crippen LogP) is 4.78. The zero-order chi connectivity index (χ0) is 18.1. The van der Waals surface area contributed by atoms with E-state index in [4.69, 9.17) is 16.3 Å². The van der Waals surface area contributed by atoms with E-state index in [0.717, 1.165) is 5.19 Å². The number of rotatable bonds is 4. The lowest BCUT2D eigenvalue weighted by atomic mass is 9.90. The van der Waals surface area contributed by atoms with Crippen LogP contribution in [0.3, 0.4) is 0 Å². The van der Waals surface area contributed by atoms with Gasteiger partial charge in [-0.25, -0.2) is 4.79 Å². The Morgan fingerprint density at radius 3 is 2.04 bits per heavy atom. The van der Waals surface area contributed by atoms with Crippen molar-refractivity contribution in [1.29, 1.82) is 0 Å². The van der Waals surface area contributed by atoms with Gasteiger partial charge in [0.2, 0.25) is 0 Å². The number of halogens is 4. The molecule has 0 saturated carbocycles. The minimum Gasteiger partial charge on any atom is -0.455 e. The van der Waals surface area contributed by atoms with Gasteiger partial charge in [0.15, 0.2) is 0 Å². The fourth-order valence-electron chi connectivity index (χ4n) is 2.20. The molecule has 130 valence electrons. The molecule has 0 heterocycles. The molecule has 0 aliphatic carbocycles. The van der Waals surface area contributed by atoms with E-state index in [0.29, 0.717) is 11.1 Å². The van der Waals surface area contributed by atoms with Gasteiger partial charge in [-0.2, -0.15) is 13.2 Å². The minimum absolute atomic E-state index is 0.403. The molecule has 1 rings (SSSR count). The van der Waals surface area contributed by atoms with Crippen molar-refractivity contribution in [2.75, 3.05) is 0 Å². The standard InChI is InChI=1S/C16H22ClF3O2Si/c1-15(2,3)13(22-14(21)16(18,19)20)10-23(4,5)12-8-6-11(17)7-9-12/h6-9,13H,10H2,1-5H3. The summed E-state index contributed by atoms with van der Waals surface area (Å²) in [7, 11) is -2.10. The zero-order valence-corrected chi connectivity index (χ0v) is 15.7. The maximum atomic E-state index is 12.5. The van der Waals surface area contributed by atoms with Crippen LogP contribution >= 0.6 is 11.6 Å². The van der Waals surface area contributed by atoms with Crippen molar-refractivity contribution < 1.29 is 22.7 Å². The summed E-state index contributed by atoms with van der Waals surface area (Å²) in [5, 5.41) is 1.66. The van der Waals surface area contributed by atoms with Gasteiger partial charge in [0, 0.05) is 5.02 Å². The van der Waals surface area contributed by atoms with Crippen LogP contribution in [-0.4, -0.2) is 26.3 Å². The van der Waals surface area contributed by atoms with E-state index in [1.807, 2.05) is 25.2 Å². The second kappa shape index (κ2) is 6.85. The van der Waals surface area contributed by atoms with Crippen LogP contribution in [0.4, 0.5) is 13.2 Å². The summed E-state index contributed by atoms with van der Waals surface area (Å²) in [5.74, 6) is -2.13. The molecule has 0 radical (unpaired) electrons. The van der Waals surface area contributed by atoms with E-state index in [-0.39, 0.29) is 0 Å². The summed E-state index contributed by atoms with van der Waals surface area (Å²) in [5.41, 5.74) is -0.586. The van der Waals surface area contributed by atoms with Crippen LogP contribution in [-0.2, 0) is 9.53 Å². The van der Waals surface area contributed by atoms with Crippen molar-refractivity contribution in [2.45, 2.75) is 52.2 Å². The molecule has 0 amide bonds. The number of hydrogen-bond donors (Lipinski definition) is 0. The van der Waals surface area contributed by atoms with Crippen molar-refractivity contribution in [1.82, 2.24) is 0 Å². The number of ether oxygens (including phenoxy) is 1. The van der Waals surface area contributed by atoms with E-state index >= 15 is 0 Å². The molecule has 23 heavy (non-hydrogen) atoms. The number of hydrogen-bond acceptors (Lipinski definition) is 2. The predicted molar refractivity (Wildman–Crippen MR) is 88.8 cm³/mol. The Hall–Kier alpha value is -1.01. The smallest absolute Gasteiger partial charge is 0.455 e. The molecule has 0 spiro atoms. The Labute approximate surface area is 141 Å². The van der Waals surface area contributed by atoms with Crippen LogP contribution in [0, 0.1) is 5.41 Å². The molecule has 1 atom stereocenters. The molecule has 1 aromatic carbocycles. The highest BCUT2D eigenvalue weighted by molar-refractivity contribution is 6.89. The Morgan fingerprint density at radius 1 is 1.17 bits per heavy atom. The molecule has 0 bridgehead atoms. The molecular weight excluding hydrogens is 345 g/mol. The Kier molecular flexibility index (Phi) is 5.97. The lowest BCUT2D eigenvalue weighted by Gasteiger charge is -2.36. The zero-order valence-electron chi connectivity index (χ0n) is 13.9.